The smallest absolute Gasteiger partial charge is 0.387 e. The van der Waals surface area contributed by atoms with E-state index in [2.05, 4.69) is 53.6 Å². The molecule has 0 aliphatic carbocycles. The lowest BCUT2D eigenvalue weighted by Crippen LogP contribution is -2.46. The lowest BCUT2D eigenvalue weighted by Gasteiger charge is -2.30. The fourth-order valence-electron chi connectivity index (χ4n) is 5.96. The summed E-state index contributed by atoms with van der Waals surface area (Å²) < 4.78 is 61.6. The van der Waals surface area contributed by atoms with Gasteiger partial charge < -0.3 is 61.4 Å². The third-order valence-corrected chi connectivity index (χ3v) is 14.4. The number of carbonyl (C=O) groups is 3. The number of carbonyl (C=O) groups excluding carboxylic acids is 3. The molecule has 0 saturated carbocycles. The predicted octanol–water partition coefficient (Wildman–Crippen LogP) is -0.0217. The second kappa shape index (κ2) is 21.4. The van der Waals surface area contributed by atoms with E-state index in [0.717, 1.165) is 22.8 Å². The molecule has 1 aromatic carbocycles. The Morgan fingerprint density at radius 1 is 0.952 bits per heavy atom. The van der Waals surface area contributed by atoms with Gasteiger partial charge in [-0.05, 0) is 18.1 Å². The van der Waals surface area contributed by atoms with Crippen molar-refractivity contribution in [1.82, 2.24) is 40.5 Å². The van der Waals surface area contributed by atoms with Crippen LogP contribution in [0.2, 0.25) is 0 Å². The van der Waals surface area contributed by atoms with Gasteiger partial charge in [0.2, 0.25) is 17.7 Å². The standard InChI is InChI=1S/C33H48N9O17P3S/c1-33(2,28(47)31(48)37-10-8-23(43)36-11-12-63-15-24(44)35-9-7-19-13-38-21-6-4-3-5-20(19)21)16-56-61(51,52)59-62(53,54)58-60(49,50)55-14-22-26(45)27(46)32(57-22)42-18-41-25-29(34)39-17-40-30(25)42/h3-6,13,17-18,22,26-28,32,38,45-47H,7-12,14-16H2,1-2H3,(H,35,44)(H,36,43)(H,37,48)(H,49,50)(H,51,52)(H,53,54)(H2,34,39,40)/t22-,26-,27-,28+,32-/m1/s1. The monoisotopic (exact) mass is 967 g/mol. The molecule has 1 aliphatic rings. The van der Waals surface area contributed by atoms with Crippen molar-refractivity contribution < 1.29 is 80.5 Å². The number of thioether (sulfide) groups is 1. The number of anilines is 1. The topological polar surface area (TPSA) is 391 Å². The Kier molecular flexibility index (Phi) is 17.0. The number of benzene rings is 1. The van der Waals surface area contributed by atoms with Crippen LogP contribution in [0.5, 0.6) is 0 Å². The zero-order chi connectivity index (χ0) is 46.2. The fraction of sp³-hybridized carbons (Fsp3) is 0.515. The first-order chi connectivity index (χ1) is 29.6. The Morgan fingerprint density at radius 3 is 2.40 bits per heavy atom. The van der Waals surface area contributed by atoms with Crippen molar-refractivity contribution in [2.45, 2.75) is 57.3 Å². The minimum absolute atomic E-state index is 0.00934. The highest BCUT2D eigenvalue weighted by atomic mass is 32.2. The number of rotatable bonds is 24. The van der Waals surface area contributed by atoms with Crippen molar-refractivity contribution in [3.05, 3.63) is 48.7 Å². The van der Waals surface area contributed by atoms with Gasteiger partial charge >= 0.3 is 23.5 Å². The summed E-state index contributed by atoms with van der Waals surface area (Å²) in [5.74, 6) is -0.929. The van der Waals surface area contributed by atoms with Gasteiger partial charge in [-0.2, -0.15) is 20.4 Å². The Morgan fingerprint density at radius 2 is 1.65 bits per heavy atom. The maximum Gasteiger partial charge on any atom is 0.490 e. The normalized spacial score (nSPS) is 21.3. The molecule has 0 radical (unpaired) electrons. The van der Waals surface area contributed by atoms with E-state index in [1.54, 1.807) is 0 Å². The summed E-state index contributed by atoms with van der Waals surface area (Å²) >= 11 is 1.32. The van der Waals surface area contributed by atoms with Gasteiger partial charge in [0.25, 0.3) is 0 Å². The highest BCUT2D eigenvalue weighted by molar-refractivity contribution is 7.99. The number of ether oxygens (including phenoxy) is 1. The Labute approximate surface area is 362 Å². The van der Waals surface area contributed by atoms with E-state index in [0.29, 0.717) is 18.7 Å². The van der Waals surface area contributed by atoms with Crippen LogP contribution in [0.4, 0.5) is 5.82 Å². The van der Waals surface area contributed by atoms with Crippen molar-refractivity contribution in [2.75, 3.05) is 50.1 Å². The average Bonchev–Trinajstić information content (AvgIpc) is 3.91. The van der Waals surface area contributed by atoms with Crippen molar-refractivity contribution in [1.29, 1.82) is 0 Å². The number of amides is 3. The second-order valence-electron chi connectivity index (χ2n) is 14.6. The van der Waals surface area contributed by atoms with E-state index in [1.165, 1.54) is 36.5 Å². The zero-order valence-corrected chi connectivity index (χ0v) is 37.1. The molecule has 30 heteroatoms. The molecule has 4 aromatic rings. The van der Waals surface area contributed by atoms with Crippen LogP contribution in [0.1, 0.15) is 32.1 Å². The number of phosphoric acid groups is 3. The Hall–Kier alpha value is -3.88. The molecule has 1 aliphatic heterocycles. The summed E-state index contributed by atoms with van der Waals surface area (Å²) in [5.41, 5.74) is 6.47. The molecule has 0 spiro atoms. The summed E-state index contributed by atoms with van der Waals surface area (Å²) in [6.45, 7) is 0.946. The van der Waals surface area contributed by atoms with Crippen molar-refractivity contribution in [3.8, 4) is 0 Å². The number of imidazole rings is 1. The lowest BCUT2D eigenvalue weighted by molar-refractivity contribution is -0.137. The number of aliphatic hydroxyl groups excluding tert-OH is 3. The van der Waals surface area contributed by atoms with Crippen LogP contribution >= 0.6 is 35.2 Å². The minimum atomic E-state index is -5.96. The van der Waals surface area contributed by atoms with E-state index in [9.17, 15) is 58.1 Å². The maximum absolute atomic E-state index is 12.6. The number of para-hydroxylation sites is 1. The summed E-state index contributed by atoms with van der Waals surface area (Å²) in [6, 6.07) is 7.87. The van der Waals surface area contributed by atoms with Crippen LogP contribution in [0.15, 0.2) is 43.1 Å². The third kappa shape index (κ3) is 14.1. The minimum Gasteiger partial charge on any atom is -0.387 e. The van der Waals surface area contributed by atoms with Crippen molar-refractivity contribution >= 4 is 80.8 Å². The molecule has 3 aromatic heterocycles. The van der Waals surface area contributed by atoms with Crippen LogP contribution < -0.4 is 21.7 Å². The molecule has 63 heavy (non-hydrogen) atoms. The molecule has 5 rings (SSSR count). The van der Waals surface area contributed by atoms with Crippen LogP contribution in [0.25, 0.3) is 22.1 Å². The molecule has 1 saturated heterocycles. The number of phosphoric ester groups is 2. The number of nitrogen functional groups attached to an aromatic ring is 1. The van der Waals surface area contributed by atoms with E-state index >= 15 is 0 Å². The number of nitrogens with two attached hydrogens (primary N) is 1. The predicted molar refractivity (Wildman–Crippen MR) is 222 cm³/mol. The van der Waals surface area contributed by atoms with Gasteiger partial charge in [0.05, 0.1) is 25.3 Å². The zero-order valence-electron chi connectivity index (χ0n) is 33.6. The molecule has 8 atom stereocenters. The number of fused-ring (bicyclic) bond motifs is 2. The maximum atomic E-state index is 12.6. The van der Waals surface area contributed by atoms with E-state index in [4.69, 9.17) is 10.5 Å². The summed E-state index contributed by atoms with van der Waals surface area (Å²) in [6.07, 6.45) is -3.55. The second-order valence-corrected chi connectivity index (χ2v) is 20.3. The molecule has 348 valence electrons. The first-order valence-electron chi connectivity index (χ1n) is 18.8. The van der Waals surface area contributed by atoms with Gasteiger partial charge in [-0.1, -0.05) is 32.0 Å². The fourth-order valence-corrected chi connectivity index (χ4v) is 10.3. The molecular formula is C33H48N9O17P3S. The number of H-pyrrole nitrogens is 1. The van der Waals surface area contributed by atoms with Crippen molar-refractivity contribution in [3.63, 3.8) is 0 Å². The van der Waals surface area contributed by atoms with Gasteiger partial charge in [-0.3, -0.25) is 28.0 Å². The quantitative estimate of drug-likeness (QED) is 0.0325. The van der Waals surface area contributed by atoms with E-state index in [1.807, 2.05) is 30.5 Å². The molecule has 3 amide bonds. The molecule has 1 fully saturated rings. The molecule has 4 heterocycles. The van der Waals surface area contributed by atoms with E-state index < -0.39 is 84.6 Å². The van der Waals surface area contributed by atoms with Gasteiger partial charge in [0.1, 0.15) is 36.3 Å². The highest BCUT2D eigenvalue weighted by Crippen LogP contribution is 2.68. The molecule has 26 nitrogen and oxygen atoms in total. The molecule has 0 bridgehead atoms. The first-order valence-corrected chi connectivity index (χ1v) is 24.5. The van der Waals surface area contributed by atoms with Crippen LogP contribution in [0.3, 0.4) is 0 Å². The number of aromatic amines is 1. The Bertz CT molecular complexity index is 2390. The molecule has 12 N–H and O–H groups in total. The lowest BCUT2D eigenvalue weighted by atomic mass is 9.87. The number of aromatic nitrogens is 5. The average molecular weight is 968 g/mol. The molecular weight excluding hydrogens is 919 g/mol. The van der Waals surface area contributed by atoms with Gasteiger partial charge in [0, 0.05) is 54.3 Å². The number of aliphatic hydroxyl groups is 3. The van der Waals surface area contributed by atoms with Crippen LogP contribution in [0, 0.1) is 5.41 Å². The van der Waals surface area contributed by atoms with Gasteiger partial charge in [-0.25, -0.2) is 28.6 Å². The summed E-state index contributed by atoms with van der Waals surface area (Å²) in [4.78, 5) is 82.1. The summed E-state index contributed by atoms with van der Waals surface area (Å²) in [5, 5.41) is 40.5. The first kappa shape index (κ1) is 50.1. The number of nitrogens with zero attached hydrogens (tertiary/aromatic N) is 4. The Balaban J connectivity index is 0.953. The summed E-state index contributed by atoms with van der Waals surface area (Å²) in [7, 11) is -17.2. The largest absolute Gasteiger partial charge is 0.490 e. The highest BCUT2D eigenvalue weighted by Gasteiger charge is 2.48. The van der Waals surface area contributed by atoms with Crippen molar-refractivity contribution in [2.24, 2.45) is 5.41 Å². The van der Waals surface area contributed by atoms with E-state index in [-0.39, 0.29) is 48.2 Å². The number of hydrogen-bond acceptors (Lipinski definition) is 19. The SMILES string of the molecule is CC(C)(COP(=O)(O)OP(=O)(O)OP(=O)(O)OC[C@H]1O[C@@H](n2cnc3c(N)ncnc32)[C@H](O)[C@@H]1O)[C@@H](O)C(=O)NCCC(=O)NCCSCC(=O)NCCc1c[nH]c2ccccc12. The van der Waals surface area contributed by atoms with Gasteiger partial charge in [0.15, 0.2) is 17.7 Å². The third-order valence-electron chi connectivity index (χ3n) is 9.25. The number of hydrogen-bond donors (Lipinski definition) is 11. The van der Waals surface area contributed by atoms with Gasteiger partial charge in [-0.15, -0.1) is 0 Å². The van der Waals surface area contributed by atoms with Crippen LogP contribution in [-0.2, 0) is 56.9 Å². The molecule has 3 unspecified atom stereocenters. The van der Waals surface area contributed by atoms with Crippen LogP contribution in [-0.4, -0.2) is 141 Å². The number of nitrogens with one attached hydrogen (secondary N) is 4.